The predicted octanol–water partition coefficient (Wildman–Crippen LogP) is -0.0221. The van der Waals surface area contributed by atoms with Crippen molar-refractivity contribution in [2.45, 2.75) is 19.9 Å². The summed E-state index contributed by atoms with van der Waals surface area (Å²) in [6.45, 7) is 4.41. The van der Waals surface area contributed by atoms with Crippen LogP contribution in [0, 0.1) is 0 Å². The lowest BCUT2D eigenvalue weighted by atomic mass is 10.4. The summed E-state index contributed by atoms with van der Waals surface area (Å²) in [5, 5.41) is 1.83. The zero-order valence-electron chi connectivity index (χ0n) is 8.23. The zero-order valence-corrected chi connectivity index (χ0v) is 8.23. The quantitative estimate of drug-likeness (QED) is 0.718. The molecule has 0 aromatic carbocycles. The van der Waals surface area contributed by atoms with Crippen molar-refractivity contribution in [3.63, 3.8) is 0 Å². The first-order chi connectivity index (χ1) is 6.83. The van der Waals surface area contributed by atoms with Crippen molar-refractivity contribution in [3.05, 3.63) is 22.7 Å². The second kappa shape index (κ2) is 3.79. The fourth-order valence-electron chi connectivity index (χ4n) is 1.58. The highest BCUT2D eigenvalue weighted by Crippen LogP contribution is 2.05. The second-order valence-corrected chi connectivity index (χ2v) is 3.26. The van der Waals surface area contributed by atoms with Crippen molar-refractivity contribution in [1.29, 1.82) is 0 Å². The monoisotopic (exact) mass is 194 g/mol. The van der Waals surface area contributed by atoms with Gasteiger partial charge in [0.15, 0.2) is 0 Å². The standard InChI is InChI=1S/C9H14N4O/c1-2-12-7-5-10-8(9(12)14)13-6-3-4-11-13/h5,7,11H,2-4,6H2,1H3. The summed E-state index contributed by atoms with van der Waals surface area (Å²) in [5.74, 6) is 0.506. The molecule has 1 aromatic heterocycles. The number of hydrazine groups is 1. The first-order valence-electron chi connectivity index (χ1n) is 4.89. The molecule has 1 saturated heterocycles. The Balaban J connectivity index is 2.37. The van der Waals surface area contributed by atoms with Gasteiger partial charge in [0.05, 0.1) is 0 Å². The van der Waals surface area contributed by atoms with Crippen molar-refractivity contribution in [2.24, 2.45) is 0 Å². The van der Waals surface area contributed by atoms with E-state index in [1.54, 1.807) is 17.0 Å². The van der Waals surface area contributed by atoms with Gasteiger partial charge in [0.1, 0.15) is 0 Å². The van der Waals surface area contributed by atoms with Crippen LogP contribution < -0.4 is 16.0 Å². The topological polar surface area (TPSA) is 50.2 Å². The first-order valence-corrected chi connectivity index (χ1v) is 4.89. The summed E-state index contributed by atoms with van der Waals surface area (Å²) in [5.41, 5.74) is 3.10. The molecule has 1 N–H and O–H groups in total. The molecule has 14 heavy (non-hydrogen) atoms. The third-order valence-electron chi connectivity index (χ3n) is 2.35. The van der Waals surface area contributed by atoms with Gasteiger partial charge in [0, 0.05) is 32.0 Å². The van der Waals surface area contributed by atoms with Crippen molar-refractivity contribution in [2.75, 3.05) is 18.1 Å². The molecule has 0 atom stereocenters. The highest BCUT2D eigenvalue weighted by molar-refractivity contribution is 5.34. The Morgan fingerprint density at radius 3 is 3.14 bits per heavy atom. The second-order valence-electron chi connectivity index (χ2n) is 3.26. The minimum Gasteiger partial charge on any atom is -0.311 e. The Morgan fingerprint density at radius 2 is 2.50 bits per heavy atom. The first kappa shape index (κ1) is 9.21. The lowest BCUT2D eigenvalue weighted by Crippen LogP contribution is -2.37. The molecule has 0 bridgehead atoms. The highest BCUT2D eigenvalue weighted by Gasteiger charge is 2.16. The van der Waals surface area contributed by atoms with E-state index in [0.29, 0.717) is 12.4 Å². The van der Waals surface area contributed by atoms with Crippen LogP contribution in [0.1, 0.15) is 13.3 Å². The van der Waals surface area contributed by atoms with Gasteiger partial charge in [-0.2, -0.15) is 0 Å². The number of aryl methyl sites for hydroxylation is 1. The van der Waals surface area contributed by atoms with Crippen molar-refractivity contribution in [1.82, 2.24) is 15.0 Å². The normalized spacial score (nSPS) is 16.2. The number of nitrogens with one attached hydrogen (secondary N) is 1. The van der Waals surface area contributed by atoms with Gasteiger partial charge >= 0.3 is 0 Å². The summed E-state index contributed by atoms with van der Waals surface area (Å²) < 4.78 is 1.66. The molecule has 1 aliphatic heterocycles. The maximum absolute atomic E-state index is 11.8. The molecule has 0 spiro atoms. The van der Waals surface area contributed by atoms with Gasteiger partial charge in [0.25, 0.3) is 5.56 Å². The van der Waals surface area contributed by atoms with Gasteiger partial charge in [0.2, 0.25) is 5.82 Å². The molecule has 1 aliphatic rings. The van der Waals surface area contributed by atoms with E-state index in [2.05, 4.69) is 10.4 Å². The van der Waals surface area contributed by atoms with Gasteiger partial charge in [-0.1, -0.05) is 0 Å². The van der Waals surface area contributed by atoms with Crippen LogP contribution in [0.25, 0.3) is 0 Å². The van der Waals surface area contributed by atoms with E-state index >= 15 is 0 Å². The molecule has 1 aromatic rings. The number of rotatable bonds is 2. The molecular formula is C9H14N4O. The lowest BCUT2D eigenvalue weighted by molar-refractivity contribution is 0.692. The van der Waals surface area contributed by atoms with Gasteiger partial charge in [-0.05, 0) is 13.3 Å². The SMILES string of the molecule is CCn1ccnc(N2CCCN2)c1=O. The Hall–Kier alpha value is -1.36. The molecule has 0 unspecified atom stereocenters. The Kier molecular flexibility index (Phi) is 2.49. The smallest absolute Gasteiger partial charge is 0.294 e. The average molecular weight is 194 g/mol. The van der Waals surface area contributed by atoms with Crippen LogP contribution in [-0.2, 0) is 6.54 Å². The number of nitrogens with zero attached hydrogens (tertiary/aromatic N) is 3. The summed E-state index contributed by atoms with van der Waals surface area (Å²) in [6.07, 6.45) is 4.43. The summed E-state index contributed by atoms with van der Waals surface area (Å²) in [6, 6.07) is 0. The zero-order chi connectivity index (χ0) is 9.97. The minimum absolute atomic E-state index is 0.0237. The highest BCUT2D eigenvalue weighted by atomic mass is 16.1. The molecule has 1 fully saturated rings. The maximum atomic E-state index is 11.8. The Morgan fingerprint density at radius 1 is 1.64 bits per heavy atom. The molecule has 5 nitrogen and oxygen atoms in total. The molecule has 0 aliphatic carbocycles. The van der Waals surface area contributed by atoms with E-state index in [-0.39, 0.29) is 5.56 Å². The van der Waals surface area contributed by atoms with Crippen LogP contribution in [0.2, 0.25) is 0 Å². The average Bonchev–Trinajstić information content (AvgIpc) is 2.71. The van der Waals surface area contributed by atoms with Crippen molar-refractivity contribution < 1.29 is 0 Å². The third kappa shape index (κ3) is 1.50. The number of hydrogen-bond acceptors (Lipinski definition) is 4. The van der Waals surface area contributed by atoms with Crippen LogP contribution in [-0.4, -0.2) is 22.6 Å². The van der Waals surface area contributed by atoms with Crippen LogP contribution in [0.15, 0.2) is 17.2 Å². The van der Waals surface area contributed by atoms with Gasteiger partial charge in [-0.3, -0.25) is 9.80 Å². The molecule has 0 amide bonds. The van der Waals surface area contributed by atoms with E-state index in [9.17, 15) is 4.79 Å². The van der Waals surface area contributed by atoms with E-state index in [4.69, 9.17) is 0 Å². The van der Waals surface area contributed by atoms with Crippen LogP contribution in [0.4, 0.5) is 5.82 Å². The van der Waals surface area contributed by atoms with E-state index in [1.807, 2.05) is 11.9 Å². The molecule has 2 rings (SSSR count). The summed E-state index contributed by atoms with van der Waals surface area (Å²) in [7, 11) is 0. The Bertz CT molecular complexity index is 367. The fourth-order valence-corrected chi connectivity index (χ4v) is 1.58. The molecule has 76 valence electrons. The molecular weight excluding hydrogens is 180 g/mol. The Labute approximate surface area is 82.3 Å². The van der Waals surface area contributed by atoms with Crippen molar-refractivity contribution >= 4 is 5.82 Å². The minimum atomic E-state index is -0.0237. The van der Waals surface area contributed by atoms with E-state index in [0.717, 1.165) is 19.5 Å². The number of hydrogen-bond donors (Lipinski definition) is 1. The van der Waals surface area contributed by atoms with Crippen LogP contribution >= 0.6 is 0 Å². The lowest BCUT2D eigenvalue weighted by Gasteiger charge is -2.16. The molecule has 0 saturated carbocycles. The van der Waals surface area contributed by atoms with Gasteiger partial charge in [-0.25, -0.2) is 10.4 Å². The third-order valence-corrected chi connectivity index (χ3v) is 2.35. The number of aromatic nitrogens is 2. The summed E-state index contributed by atoms with van der Waals surface area (Å²) in [4.78, 5) is 15.9. The van der Waals surface area contributed by atoms with E-state index < -0.39 is 0 Å². The molecule has 5 heteroatoms. The summed E-state index contributed by atoms with van der Waals surface area (Å²) >= 11 is 0. The van der Waals surface area contributed by atoms with Gasteiger partial charge < -0.3 is 4.57 Å². The van der Waals surface area contributed by atoms with Crippen LogP contribution in [0.3, 0.4) is 0 Å². The molecule has 2 heterocycles. The van der Waals surface area contributed by atoms with Gasteiger partial charge in [-0.15, -0.1) is 0 Å². The largest absolute Gasteiger partial charge is 0.311 e. The predicted molar refractivity (Wildman–Crippen MR) is 54.1 cm³/mol. The van der Waals surface area contributed by atoms with E-state index in [1.165, 1.54) is 0 Å². The fraction of sp³-hybridized carbons (Fsp3) is 0.556. The van der Waals surface area contributed by atoms with Crippen LogP contribution in [0.5, 0.6) is 0 Å². The van der Waals surface area contributed by atoms with Crippen molar-refractivity contribution in [3.8, 4) is 0 Å². The number of anilines is 1. The molecule has 0 radical (unpaired) electrons. The maximum Gasteiger partial charge on any atom is 0.294 e.